The van der Waals surface area contributed by atoms with Gasteiger partial charge in [-0.2, -0.15) is 0 Å². The van der Waals surface area contributed by atoms with Crippen molar-refractivity contribution in [2.24, 2.45) is 0 Å². The molecule has 0 amide bonds. The Morgan fingerprint density at radius 3 is 2.33 bits per heavy atom. The minimum Gasteiger partial charge on any atom is -0.444 e. The van der Waals surface area contributed by atoms with E-state index in [2.05, 4.69) is 0 Å². The van der Waals surface area contributed by atoms with Gasteiger partial charge in [-0.15, -0.1) is 0 Å². The Labute approximate surface area is 79.2 Å². The van der Waals surface area contributed by atoms with Gasteiger partial charge in [0.25, 0.3) is 0 Å². The lowest BCUT2D eigenvalue weighted by Gasteiger charge is -2.09. The summed E-state index contributed by atoms with van der Waals surface area (Å²) in [5.41, 5.74) is 0. The largest absolute Gasteiger partial charge is 0.444 e. The third kappa shape index (κ3) is 7.16. The van der Waals surface area contributed by atoms with Crippen molar-refractivity contribution in [3.8, 4) is 0 Å². The summed E-state index contributed by atoms with van der Waals surface area (Å²) in [7, 11) is -2.68. The van der Waals surface area contributed by atoms with E-state index >= 15 is 0 Å². The lowest BCUT2D eigenvalue weighted by atomic mass is 10.6. The minimum absolute atomic E-state index is 0.457. The first-order chi connectivity index (χ1) is 5.70. The number of hydrogen-bond acceptors (Lipinski definition) is 4. The maximum atomic E-state index is 9.28. The molecule has 0 aromatic carbocycles. The van der Waals surface area contributed by atoms with Crippen molar-refractivity contribution in [2.75, 3.05) is 7.11 Å². The van der Waals surface area contributed by atoms with Crippen molar-refractivity contribution >= 4 is 28.3 Å². The Morgan fingerprint density at radius 2 is 1.83 bits per heavy atom. The molecule has 2 N–H and O–H groups in total. The van der Waals surface area contributed by atoms with Crippen LogP contribution in [-0.2, 0) is 8.54 Å². The highest BCUT2D eigenvalue weighted by Crippen LogP contribution is 2.03. The van der Waals surface area contributed by atoms with Crippen molar-refractivity contribution in [3.63, 3.8) is 0 Å². The van der Waals surface area contributed by atoms with Gasteiger partial charge in [0.05, 0.1) is 0 Å². The SMILES string of the molecule is CO[SiH](O)CCC[SiH](O)O[SiH2]C. The van der Waals surface area contributed by atoms with Gasteiger partial charge >= 0.3 is 18.6 Å². The molecule has 4 nitrogen and oxygen atoms in total. The molecular weight excluding hydrogens is 208 g/mol. The summed E-state index contributed by atoms with van der Waals surface area (Å²) in [6.07, 6.45) is 0.836. The summed E-state index contributed by atoms with van der Waals surface area (Å²) < 4.78 is 9.97. The lowest BCUT2D eigenvalue weighted by Crippen LogP contribution is -2.20. The molecule has 0 heterocycles. The van der Waals surface area contributed by atoms with Gasteiger partial charge in [0.15, 0.2) is 0 Å². The van der Waals surface area contributed by atoms with Crippen LogP contribution < -0.4 is 0 Å². The average Bonchev–Trinajstić information content (AvgIpc) is 2.04. The number of hydrogen-bond donors (Lipinski definition) is 2. The van der Waals surface area contributed by atoms with Crippen molar-refractivity contribution in [1.82, 2.24) is 0 Å². The molecular formula is C5H18O4Si3. The third-order valence-corrected chi connectivity index (χ3v) is 6.75. The van der Waals surface area contributed by atoms with Crippen LogP contribution in [0, 0.1) is 0 Å². The second kappa shape index (κ2) is 8.11. The van der Waals surface area contributed by atoms with Crippen molar-refractivity contribution in [2.45, 2.75) is 25.1 Å². The van der Waals surface area contributed by atoms with Crippen molar-refractivity contribution in [1.29, 1.82) is 0 Å². The molecule has 12 heavy (non-hydrogen) atoms. The molecule has 0 fully saturated rings. The second-order valence-electron chi connectivity index (χ2n) is 2.53. The standard InChI is InChI=1S/C5H18O4Si3/c1-8-11(6)4-3-5-12(7)9-10-2/h6-7,11-12H,3-5,10H2,1-2H3. The first kappa shape index (κ1) is 12.5. The summed E-state index contributed by atoms with van der Waals surface area (Å²) in [6, 6.07) is 1.46. The van der Waals surface area contributed by atoms with Crippen LogP contribution in [0.5, 0.6) is 0 Å². The van der Waals surface area contributed by atoms with Gasteiger partial charge in [-0.1, -0.05) is 6.55 Å². The van der Waals surface area contributed by atoms with Crippen LogP contribution in [0.15, 0.2) is 0 Å². The molecule has 0 aliphatic heterocycles. The van der Waals surface area contributed by atoms with Crippen molar-refractivity contribution in [3.05, 3.63) is 0 Å². The van der Waals surface area contributed by atoms with E-state index in [4.69, 9.17) is 13.3 Å². The van der Waals surface area contributed by atoms with Crippen LogP contribution in [0.4, 0.5) is 0 Å². The summed E-state index contributed by atoms with van der Waals surface area (Å²) >= 11 is 0. The summed E-state index contributed by atoms with van der Waals surface area (Å²) in [6.45, 7) is 2.01. The molecule has 0 spiro atoms. The van der Waals surface area contributed by atoms with Crippen LogP contribution in [-0.4, -0.2) is 45.0 Å². The van der Waals surface area contributed by atoms with Gasteiger partial charge in [0.1, 0.15) is 9.76 Å². The van der Waals surface area contributed by atoms with Crippen LogP contribution in [0.2, 0.25) is 18.6 Å². The molecule has 0 aliphatic rings. The van der Waals surface area contributed by atoms with Crippen LogP contribution in [0.3, 0.4) is 0 Å². The molecule has 7 heteroatoms. The van der Waals surface area contributed by atoms with E-state index in [1.807, 2.05) is 6.55 Å². The maximum absolute atomic E-state index is 9.28. The predicted octanol–water partition coefficient (Wildman–Crippen LogP) is -1.40. The van der Waals surface area contributed by atoms with Gasteiger partial charge in [0.2, 0.25) is 0 Å². The average molecular weight is 226 g/mol. The molecule has 0 aromatic heterocycles. The van der Waals surface area contributed by atoms with E-state index in [0.29, 0.717) is 0 Å². The Bertz CT molecular complexity index is 105. The lowest BCUT2D eigenvalue weighted by molar-refractivity contribution is 0.325. The molecule has 0 aromatic rings. The fourth-order valence-electron chi connectivity index (χ4n) is 0.861. The predicted molar refractivity (Wildman–Crippen MR) is 55.5 cm³/mol. The third-order valence-electron chi connectivity index (χ3n) is 1.53. The molecule has 0 aliphatic carbocycles. The molecule has 2 unspecified atom stereocenters. The molecule has 0 rings (SSSR count). The molecule has 74 valence electrons. The smallest absolute Gasteiger partial charge is 0.318 e. The molecule has 0 saturated carbocycles. The normalized spacial score (nSPS) is 17.0. The van der Waals surface area contributed by atoms with E-state index in [1.54, 1.807) is 0 Å². The Balaban J connectivity index is 3.18. The van der Waals surface area contributed by atoms with Gasteiger partial charge < -0.3 is 18.1 Å². The monoisotopic (exact) mass is 226 g/mol. The Kier molecular flexibility index (Phi) is 8.44. The minimum atomic E-state index is -1.89. The summed E-state index contributed by atoms with van der Waals surface area (Å²) in [5, 5.41) is 0. The summed E-state index contributed by atoms with van der Waals surface area (Å²) in [5.74, 6) is 0. The quantitative estimate of drug-likeness (QED) is 0.524. The topological polar surface area (TPSA) is 58.9 Å². The molecule has 0 bridgehead atoms. The molecule has 0 saturated heterocycles. The zero-order chi connectivity index (χ0) is 9.40. The van der Waals surface area contributed by atoms with Crippen LogP contribution in [0.25, 0.3) is 0 Å². The van der Waals surface area contributed by atoms with Gasteiger partial charge in [0, 0.05) is 7.11 Å². The van der Waals surface area contributed by atoms with Crippen molar-refractivity contribution < 1.29 is 18.1 Å². The van der Waals surface area contributed by atoms with Crippen LogP contribution >= 0.6 is 0 Å². The highest BCUT2D eigenvalue weighted by atomic mass is 28.4. The first-order valence-electron chi connectivity index (χ1n) is 4.21. The van der Waals surface area contributed by atoms with Gasteiger partial charge in [-0.05, 0) is 18.5 Å². The second-order valence-corrected chi connectivity index (χ2v) is 7.89. The van der Waals surface area contributed by atoms with E-state index in [0.717, 1.165) is 18.5 Å². The number of rotatable bonds is 7. The highest BCUT2D eigenvalue weighted by Gasteiger charge is 2.10. The zero-order valence-electron chi connectivity index (χ0n) is 7.69. The van der Waals surface area contributed by atoms with E-state index in [1.165, 1.54) is 7.11 Å². The van der Waals surface area contributed by atoms with E-state index < -0.39 is 28.3 Å². The zero-order valence-corrected chi connectivity index (χ0v) is 11.4. The van der Waals surface area contributed by atoms with Gasteiger partial charge in [-0.25, -0.2) is 0 Å². The van der Waals surface area contributed by atoms with Crippen LogP contribution in [0.1, 0.15) is 6.42 Å². The maximum Gasteiger partial charge on any atom is 0.318 e. The Hall–Kier alpha value is 0.491. The van der Waals surface area contributed by atoms with E-state index in [-0.39, 0.29) is 0 Å². The Morgan fingerprint density at radius 1 is 1.25 bits per heavy atom. The molecule has 2 atom stereocenters. The fourth-order valence-corrected chi connectivity index (χ4v) is 4.94. The summed E-state index contributed by atoms with van der Waals surface area (Å²) in [4.78, 5) is 18.4. The first-order valence-corrected chi connectivity index (χ1v) is 9.81. The fraction of sp³-hybridized carbons (Fsp3) is 1.00. The van der Waals surface area contributed by atoms with Gasteiger partial charge in [-0.3, -0.25) is 0 Å². The van der Waals surface area contributed by atoms with E-state index in [9.17, 15) is 4.80 Å². The molecule has 0 radical (unpaired) electrons. The highest BCUT2D eigenvalue weighted by molar-refractivity contribution is 6.51.